The summed E-state index contributed by atoms with van der Waals surface area (Å²) >= 11 is 0. The van der Waals surface area contributed by atoms with Crippen molar-refractivity contribution < 1.29 is 27.2 Å². The lowest BCUT2D eigenvalue weighted by Gasteiger charge is -2.28. The summed E-state index contributed by atoms with van der Waals surface area (Å²) < 4.78 is 54.8. The Morgan fingerprint density at radius 3 is 2.31 bits per heavy atom. The summed E-state index contributed by atoms with van der Waals surface area (Å²) in [6, 6.07) is 4.69. The second-order valence-electron chi connectivity index (χ2n) is 6.99. The molecule has 9 heteroatoms. The maximum Gasteiger partial charge on any atom is 0.323 e. The Kier molecular flexibility index (Phi) is 5.88. The van der Waals surface area contributed by atoms with Gasteiger partial charge in [0.2, 0.25) is 0 Å². The zero-order valence-corrected chi connectivity index (χ0v) is 15.6. The van der Waals surface area contributed by atoms with Crippen LogP contribution in [0.1, 0.15) is 23.2 Å². The lowest BCUT2D eigenvalue weighted by molar-refractivity contribution is 0.0857. The number of nitrogens with zero attached hydrogens (tertiary/aromatic N) is 2. The number of hydrogen-bond donors (Lipinski definition) is 1. The molecule has 0 aromatic heterocycles. The average molecular weight is 409 g/mol. The Bertz CT molecular complexity index is 959. The maximum atomic E-state index is 14.2. The summed E-state index contributed by atoms with van der Waals surface area (Å²) in [5, 5.41) is 0. The normalized spacial score (nSPS) is 15.3. The van der Waals surface area contributed by atoms with Crippen LogP contribution >= 0.6 is 0 Å². The van der Waals surface area contributed by atoms with E-state index in [0.29, 0.717) is 23.8 Å². The number of benzene rings is 2. The zero-order chi connectivity index (χ0) is 21.3. The first-order valence-corrected chi connectivity index (χ1v) is 8.96. The molecular weight excluding hydrogens is 390 g/mol. The van der Waals surface area contributed by atoms with Gasteiger partial charge in [-0.15, -0.1) is 0 Å². The topological polar surface area (TPSA) is 66.6 Å². The molecule has 0 bridgehead atoms. The van der Waals surface area contributed by atoms with E-state index in [-0.39, 0.29) is 23.0 Å². The van der Waals surface area contributed by atoms with E-state index in [9.17, 15) is 27.2 Å². The van der Waals surface area contributed by atoms with Gasteiger partial charge in [-0.2, -0.15) is 0 Å². The third-order valence-corrected chi connectivity index (χ3v) is 5.02. The van der Waals surface area contributed by atoms with Crippen LogP contribution in [0, 0.1) is 29.2 Å². The average Bonchev–Trinajstić information content (AvgIpc) is 2.70. The van der Waals surface area contributed by atoms with Crippen molar-refractivity contribution in [1.29, 1.82) is 0 Å². The molecule has 0 atom stereocenters. The molecule has 0 spiro atoms. The van der Waals surface area contributed by atoms with Gasteiger partial charge >= 0.3 is 6.03 Å². The van der Waals surface area contributed by atoms with Gasteiger partial charge in [0.1, 0.15) is 0 Å². The number of rotatable bonds is 4. The number of likely N-dealkylation sites (tertiary alicyclic amines) is 1. The summed E-state index contributed by atoms with van der Waals surface area (Å²) in [5.41, 5.74) is 4.58. The third kappa shape index (κ3) is 4.09. The molecule has 0 unspecified atom stereocenters. The van der Waals surface area contributed by atoms with E-state index in [4.69, 9.17) is 5.73 Å². The second-order valence-corrected chi connectivity index (χ2v) is 6.99. The van der Waals surface area contributed by atoms with Crippen LogP contribution in [-0.4, -0.2) is 36.9 Å². The summed E-state index contributed by atoms with van der Waals surface area (Å²) in [4.78, 5) is 27.3. The lowest BCUT2D eigenvalue weighted by Crippen LogP contribution is -2.34. The summed E-state index contributed by atoms with van der Waals surface area (Å²) in [6.45, 7) is 1.53. The molecule has 1 fully saturated rings. The highest BCUT2D eigenvalue weighted by atomic mass is 19.2. The number of ketones is 1. The van der Waals surface area contributed by atoms with Crippen molar-refractivity contribution >= 4 is 23.2 Å². The molecule has 2 N–H and O–H groups in total. The number of piperidine rings is 1. The number of urea groups is 1. The molecule has 2 amide bonds. The Balaban J connectivity index is 1.99. The number of Topliss-reactive ketones (excluding diaryl/α,β-unsaturated/α-hetero) is 1. The van der Waals surface area contributed by atoms with Gasteiger partial charge in [-0.25, -0.2) is 22.4 Å². The highest BCUT2D eigenvalue weighted by Gasteiger charge is 2.28. The van der Waals surface area contributed by atoms with Crippen molar-refractivity contribution in [2.45, 2.75) is 12.8 Å². The van der Waals surface area contributed by atoms with Gasteiger partial charge in [0, 0.05) is 17.5 Å². The molecule has 2 aromatic carbocycles. The molecule has 1 aliphatic rings. The number of anilines is 2. The van der Waals surface area contributed by atoms with Crippen LogP contribution in [-0.2, 0) is 0 Å². The fourth-order valence-corrected chi connectivity index (χ4v) is 3.41. The van der Waals surface area contributed by atoms with Gasteiger partial charge < -0.3 is 10.6 Å². The van der Waals surface area contributed by atoms with Crippen molar-refractivity contribution in [1.82, 2.24) is 4.90 Å². The monoisotopic (exact) mass is 409 g/mol. The number of nitrogens with two attached hydrogens (primary N) is 1. The van der Waals surface area contributed by atoms with Crippen molar-refractivity contribution in [2.24, 2.45) is 11.7 Å². The summed E-state index contributed by atoms with van der Waals surface area (Å²) in [6.07, 6.45) is 1.34. The predicted octanol–water partition coefficient (Wildman–Crippen LogP) is 3.98. The van der Waals surface area contributed by atoms with E-state index in [1.54, 1.807) is 0 Å². The van der Waals surface area contributed by atoms with Crippen LogP contribution in [0.3, 0.4) is 0 Å². The first-order chi connectivity index (χ1) is 13.7. The minimum absolute atomic E-state index is 0.0689. The molecule has 1 heterocycles. The minimum atomic E-state index is -2.06. The smallest absolute Gasteiger partial charge is 0.323 e. The number of amides is 2. The molecule has 29 heavy (non-hydrogen) atoms. The van der Waals surface area contributed by atoms with Crippen molar-refractivity contribution in [3.05, 3.63) is 59.2 Å². The Hall–Kier alpha value is -2.94. The molecule has 0 aliphatic carbocycles. The Morgan fingerprint density at radius 2 is 1.69 bits per heavy atom. The molecule has 5 nitrogen and oxygen atoms in total. The van der Waals surface area contributed by atoms with Gasteiger partial charge in [-0.3, -0.25) is 9.69 Å². The first kappa shape index (κ1) is 20.8. The van der Waals surface area contributed by atoms with E-state index in [0.717, 1.165) is 13.1 Å². The maximum absolute atomic E-state index is 14.2. The van der Waals surface area contributed by atoms with Crippen LogP contribution in [0.4, 0.5) is 33.7 Å². The number of hydrogen-bond acceptors (Lipinski definition) is 3. The van der Waals surface area contributed by atoms with Gasteiger partial charge in [0.05, 0.1) is 11.4 Å². The molecular formula is C20H19F4N3O2. The summed E-state index contributed by atoms with van der Waals surface area (Å²) in [5.74, 6) is -7.87. The third-order valence-electron chi connectivity index (χ3n) is 5.02. The molecule has 1 aliphatic heterocycles. The quantitative estimate of drug-likeness (QED) is 0.360. The molecule has 0 saturated carbocycles. The van der Waals surface area contributed by atoms with Crippen LogP contribution in [0.5, 0.6) is 0 Å². The Labute approximate surface area is 164 Å². The molecule has 154 valence electrons. The van der Waals surface area contributed by atoms with Crippen molar-refractivity contribution in [3.63, 3.8) is 0 Å². The van der Waals surface area contributed by atoms with Crippen LogP contribution < -0.4 is 10.6 Å². The fourth-order valence-electron chi connectivity index (χ4n) is 3.41. The van der Waals surface area contributed by atoms with Gasteiger partial charge in [0.15, 0.2) is 29.1 Å². The summed E-state index contributed by atoms with van der Waals surface area (Å²) in [7, 11) is 1.96. The lowest BCUT2D eigenvalue weighted by atomic mass is 9.89. The van der Waals surface area contributed by atoms with Crippen molar-refractivity contribution in [2.75, 3.05) is 25.0 Å². The van der Waals surface area contributed by atoms with Crippen LogP contribution in [0.25, 0.3) is 0 Å². The number of halogens is 4. The SMILES string of the molecule is CN1CCC(C(=O)c2cccc(N(C(N)=O)c3cc(F)c(F)c(F)c3F)c2)CC1. The molecule has 0 radical (unpaired) electrons. The second kappa shape index (κ2) is 8.20. The predicted molar refractivity (Wildman–Crippen MR) is 99.0 cm³/mol. The van der Waals surface area contributed by atoms with Gasteiger partial charge in [0.25, 0.3) is 0 Å². The highest BCUT2D eigenvalue weighted by molar-refractivity contribution is 6.02. The van der Waals surface area contributed by atoms with Crippen LogP contribution in [0.2, 0.25) is 0 Å². The molecule has 2 aromatic rings. The van der Waals surface area contributed by atoms with Crippen molar-refractivity contribution in [3.8, 4) is 0 Å². The Morgan fingerprint density at radius 1 is 1.03 bits per heavy atom. The highest BCUT2D eigenvalue weighted by Crippen LogP contribution is 2.32. The van der Waals surface area contributed by atoms with Gasteiger partial charge in [-0.05, 0) is 45.1 Å². The molecule has 1 saturated heterocycles. The van der Waals surface area contributed by atoms with E-state index in [1.807, 2.05) is 7.05 Å². The van der Waals surface area contributed by atoms with E-state index in [1.165, 1.54) is 24.3 Å². The van der Waals surface area contributed by atoms with E-state index >= 15 is 0 Å². The largest absolute Gasteiger partial charge is 0.351 e. The standard InChI is InChI=1S/C20H19F4N3O2/c1-26-7-5-11(6-8-26)19(28)12-3-2-4-13(9-12)27(20(25)29)15-10-14(21)16(22)18(24)17(15)23/h2-4,9-11H,5-8H2,1H3,(H2,25,29). The first-order valence-electron chi connectivity index (χ1n) is 8.96. The van der Waals surface area contributed by atoms with Gasteiger partial charge in [-0.1, -0.05) is 12.1 Å². The van der Waals surface area contributed by atoms with E-state index in [2.05, 4.69) is 4.90 Å². The van der Waals surface area contributed by atoms with Crippen LogP contribution in [0.15, 0.2) is 30.3 Å². The minimum Gasteiger partial charge on any atom is -0.351 e. The number of primary amides is 1. The van der Waals surface area contributed by atoms with E-state index < -0.39 is 35.0 Å². The fraction of sp³-hybridized carbons (Fsp3) is 0.300. The number of carbonyl (C=O) groups excluding carboxylic acids is 2. The number of carbonyl (C=O) groups is 2. The zero-order valence-electron chi connectivity index (χ0n) is 15.6. The molecule has 3 rings (SSSR count).